The van der Waals surface area contributed by atoms with Gasteiger partial charge >= 0.3 is 0 Å². The molecule has 1 fully saturated rings. The van der Waals surface area contributed by atoms with Crippen molar-refractivity contribution in [2.75, 3.05) is 27.2 Å². The van der Waals surface area contributed by atoms with E-state index >= 15 is 0 Å². The molecule has 0 amide bonds. The van der Waals surface area contributed by atoms with Gasteiger partial charge in [-0.25, -0.2) is 0 Å². The maximum atomic E-state index is 3.48. The number of likely N-dealkylation sites (tertiary alicyclic amines) is 1. The fourth-order valence-corrected chi connectivity index (χ4v) is 2.34. The van der Waals surface area contributed by atoms with Crippen molar-refractivity contribution in [1.82, 2.24) is 10.2 Å². The van der Waals surface area contributed by atoms with Crippen LogP contribution in [0, 0.1) is 0 Å². The minimum atomic E-state index is 0.177. The van der Waals surface area contributed by atoms with E-state index in [1.807, 2.05) is 0 Å². The Morgan fingerprint density at radius 2 is 2.00 bits per heavy atom. The van der Waals surface area contributed by atoms with Crippen molar-refractivity contribution >= 4 is 0 Å². The minimum Gasteiger partial charge on any atom is -0.309 e. The molecule has 1 atom stereocenters. The first-order valence-electron chi connectivity index (χ1n) is 5.20. The van der Waals surface area contributed by atoms with Crippen molar-refractivity contribution in [3.63, 3.8) is 0 Å². The fourth-order valence-electron chi connectivity index (χ4n) is 2.34. The van der Waals surface area contributed by atoms with E-state index in [0.717, 1.165) is 6.54 Å². The van der Waals surface area contributed by atoms with Crippen LogP contribution in [-0.2, 0) is 5.54 Å². The Morgan fingerprint density at radius 1 is 1.29 bits per heavy atom. The highest BCUT2D eigenvalue weighted by molar-refractivity contribution is 5.26. The summed E-state index contributed by atoms with van der Waals surface area (Å²) in [4.78, 5) is 2.38. The summed E-state index contributed by atoms with van der Waals surface area (Å²) in [5.41, 5.74) is 1.59. The predicted molar refractivity (Wildman–Crippen MR) is 59.3 cm³/mol. The number of hydrogen-bond acceptors (Lipinski definition) is 2. The minimum absolute atomic E-state index is 0.177. The molecule has 1 aliphatic heterocycles. The maximum absolute atomic E-state index is 3.48. The molecule has 0 aliphatic carbocycles. The number of hydrogen-bond donors (Lipinski definition) is 1. The van der Waals surface area contributed by atoms with Crippen molar-refractivity contribution in [2.45, 2.75) is 12.0 Å². The summed E-state index contributed by atoms with van der Waals surface area (Å²) in [5, 5.41) is 3.48. The van der Waals surface area contributed by atoms with Gasteiger partial charge in [0.1, 0.15) is 0 Å². The van der Waals surface area contributed by atoms with Crippen LogP contribution in [-0.4, -0.2) is 32.1 Å². The Morgan fingerprint density at radius 3 is 2.50 bits per heavy atom. The Balaban J connectivity index is 2.30. The SMILES string of the molecule is CNC1(c2ccccc2)CCN(C)C1. The van der Waals surface area contributed by atoms with Crippen LogP contribution in [0.2, 0.25) is 0 Å². The van der Waals surface area contributed by atoms with Crippen molar-refractivity contribution in [3.05, 3.63) is 35.9 Å². The third kappa shape index (κ3) is 1.56. The van der Waals surface area contributed by atoms with Gasteiger partial charge in [-0.2, -0.15) is 0 Å². The quantitative estimate of drug-likeness (QED) is 0.759. The second-order valence-corrected chi connectivity index (χ2v) is 4.19. The second-order valence-electron chi connectivity index (χ2n) is 4.19. The summed E-state index contributed by atoms with van der Waals surface area (Å²) in [6, 6.07) is 10.7. The molecule has 1 aromatic rings. The van der Waals surface area contributed by atoms with E-state index in [0.29, 0.717) is 0 Å². The largest absolute Gasteiger partial charge is 0.309 e. The van der Waals surface area contributed by atoms with Gasteiger partial charge in [0.05, 0.1) is 5.54 Å². The molecule has 1 unspecified atom stereocenters. The Labute approximate surface area is 85.9 Å². The van der Waals surface area contributed by atoms with Gasteiger partial charge in [-0.15, -0.1) is 0 Å². The first-order valence-corrected chi connectivity index (χ1v) is 5.20. The summed E-state index contributed by atoms with van der Waals surface area (Å²) < 4.78 is 0. The van der Waals surface area contributed by atoms with Crippen LogP contribution in [0.5, 0.6) is 0 Å². The highest BCUT2D eigenvalue weighted by Gasteiger charge is 2.36. The number of likely N-dealkylation sites (N-methyl/N-ethyl adjacent to an activating group) is 2. The first-order chi connectivity index (χ1) is 6.77. The maximum Gasteiger partial charge on any atom is 0.0573 e. The summed E-state index contributed by atoms with van der Waals surface area (Å²) >= 11 is 0. The Kier molecular flexibility index (Phi) is 2.57. The van der Waals surface area contributed by atoms with Gasteiger partial charge in [-0.1, -0.05) is 30.3 Å². The monoisotopic (exact) mass is 190 g/mol. The summed E-state index contributed by atoms with van der Waals surface area (Å²) in [6.45, 7) is 2.28. The van der Waals surface area contributed by atoms with Gasteiger partial charge in [0, 0.05) is 13.1 Å². The first kappa shape index (κ1) is 9.69. The van der Waals surface area contributed by atoms with Crippen LogP contribution < -0.4 is 5.32 Å². The molecule has 1 saturated heterocycles. The highest BCUT2D eigenvalue weighted by Crippen LogP contribution is 2.30. The molecule has 1 N–H and O–H groups in total. The lowest BCUT2D eigenvalue weighted by Gasteiger charge is -2.29. The Bertz CT molecular complexity index is 296. The lowest BCUT2D eigenvalue weighted by atomic mass is 9.89. The molecule has 14 heavy (non-hydrogen) atoms. The van der Waals surface area contributed by atoms with Gasteiger partial charge in [0.2, 0.25) is 0 Å². The van der Waals surface area contributed by atoms with Crippen molar-refractivity contribution in [1.29, 1.82) is 0 Å². The van der Waals surface area contributed by atoms with E-state index in [9.17, 15) is 0 Å². The van der Waals surface area contributed by atoms with Gasteiger partial charge in [-0.05, 0) is 26.1 Å². The molecule has 0 saturated carbocycles. The van der Waals surface area contributed by atoms with E-state index in [2.05, 4.69) is 54.6 Å². The molecule has 0 bridgehead atoms. The molecule has 1 heterocycles. The van der Waals surface area contributed by atoms with E-state index < -0.39 is 0 Å². The lowest BCUT2D eigenvalue weighted by molar-refractivity contribution is 0.334. The topological polar surface area (TPSA) is 15.3 Å². The smallest absolute Gasteiger partial charge is 0.0573 e. The zero-order valence-corrected chi connectivity index (χ0v) is 8.96. The van der Waals surface area contributed by atoms with E-state index in [4.69, 9.17) is 0 Å². The van der Waals surface area contributed by atoms with E-state index in [1.54, 1.807) is 0 Å². The average Bonchev–Trinajstić information content (AvgIpc) is 2.63. The van der Waals surface area contributed by atoms with Crippen LogP contribution in [0.4, 0.5) is 0 Å². The number of rotatable bonds is 2. The van der Waals surface area contributed by atoms with Gasteiger partial charge < -0.3 is 10.2 Å². The van der Waals surface area contributed by atoms with Gasteiger partial charge in [0.15, 0.2) is 0 Å². The molecule has 2 heteroatoms. The van der Waals surface area contributed by atoms with E-state index in [-0.39, 0.29) is 5.54 Å². The van der Waals surface area contributed by atoms with Crippen LogP contribution in [0.15, 0.2) is 30.3 Å². The summed E-state index contributed by atoms with van der Waals surface area (Å²) in [7, 11) is 4.24. The molecular formula is C12H18N2. The molecule has 0 radical (unpaired) electrons. The third-order valence-corrected chi connectivity index (χ3v) is 3.27. The van der Waals surface area contributed by atoms with E-state index in [1.165, 1.54) is 18.5 Å². The molecular weight excluding hydrogens is 172 g/mol. The third-order valence-electron chi connectivity index (χ3n) is 3.27. The van der Waals surface area contributed by atoms with Crippen LogP contribution >= 0.6 is 0 Å². The molecule has 76 valence electrons. The van der Waals surface area contributed by atoms with Crippen molar-refractivity contribution in [2.24, 2.45) is 0 Å². The van der Waals surface area contributed by atoms with Gasteiger partial charge in [0.25, 0.3) is 0 Å². The molecule has 0 spiro atoms. The van der Waals surface area contributed by atoms with Crippen molar-refractivity contribution < 1.29 is 0 Å². The molecule has 2 rings (SSSR count). The van der Waals surface area contributed by atoms with Crippen LogP contribution in [0.25, 0.3) is 0 Å². The summed E-state index contributed by atoms with van der Waals surface area (Å²) in [5.74, 6) is 0. The van der Waals surface area contributed by atoms with Gasteiger partial charge in [-0.3, -0.25) is 0 Å². The lowest BCUT2D eigenvalue weighted by Crippen LogP contribution is -2.42. The molecule has 1 aliphatic rings. The zero-order valence-electron chi connectivity index (χ0n) is 8.96. The van der Waals surface area contributed by atoms with Crippen molar-refractivity contribution in [3.8, 4) is 0 Å². The van der Waals surface area contributed by atoms with Crippen LogP contribution in [0.1, 0.15) is 12.0 Å². The summed E-state index contributed by atoms with van der Waals surface area (Å²) in [6.07, 6.45) is 1.20. The number of nitrogens with zero attached hydrogens (tertiary/aromatic N) is 1. The fraction of sp³-hybridized carbons (Fsp3) is 0.500. The average molecular weight is 190 g/mol. The zero-order chi connectivity index (χ0) is 10.0. The second kappa shape index (κ2) is 3.71. The Hall–Kier alpha value is -0.860. The molecule has 0 aromatic heterocycles. The van der Waals surface area contributed by atoms with Crippen LogP contribution in [0.3, 0.4) is 0 Å². The molecule has 2 nitrogen and oxygen atoms in total. The predicted octanol–water partition coefficient (Wildman–Crippen LogP) is 1.44. The normalized spacial score (nSPS) is 28.1. The standard InChI is InChI=1S/C12H18N2/c1-13-12(8-9-14(2)10-12)11-6-4-3-5-7-11/h3-7,13H,8-10H2,1-2H3. The number of nitrogens with one attached hydrogen (secondary N) is 1. The number of benzene rings is 1. The molecule has 1 aromatic carbocycles. The highest BCUT2D eigenvalue weighted by atomic mass is 15.2.